The summed E-state index contributed by atoms with van der Waals surface area (Å²) in [5.74, 6) is 1.47. The van der Waals surface area contributed by atoms with Crippen molar-refractivity contribution >= 4 is 5.91 Å². The molecule has 0 aliphatic carbocycles. The number of amides is 1. The molecular formula is C18H27N5O2. The van der Waals surface area contributed by atoms with Crippen molar-refractivity contribution in [2.24, 2.45) is 7.05 Å². The molecule has 1 aliphatic heterocycles. The van der Waals surface area contributed by atoms with Gasteiger partial charge >= 0.3 is 0 Å². The normalized spacial score (nSPS) is 18.0. The van der Waals surface area contributed by atoms with E-state index < -0.39 is 0 Å². The molecule has 136 valence electrons. The van der Waals surface area contributed by atoms with Gasteiger partial charge in [-0.3, -0.25) is 9.48 Å². The highest BCUT2D eigenvalue weighted by atomic mass is 16.4. The Kier molecular flexibility index (Phi) is 5.53. The first-order valence-electron chi connectivity index (χ1n) is 8.89. The maximum Gasteiger partial charge on any atom is 0.220 e. The van der Waals surface area contributed by atoms with Gasteiger partial charge < -0.3 is 14.2 Å². The van der Waals surface area contributed by atoms with Crippen LogP contribution < -0.4 is 0 Å². The molecule has 3 heterocycles. The monoisotopic (exact) mass is 345 g/mol. The third-order valence-electron chi connectivity index (χ3n) is 4.77. The molecule has 0 bridgehead atoms. The van der Waals surface area contributed by atoms with Gasteiger partial charge in [-0.1, -0.05) is 0 Å². The Bertz CT molecular complexity index is 708. The summed E-state index contributed by atoms with van der Waals surface area (Å²) in [7, 11) is 1.94. The molecule has 25 heavy (non-hydrogen) atoms. The van der Waals surface area contributed by atoms with Crippen molar-refractivity contribution < 1.29 is 9.21 Å². The summed E-state index contributed by atoms with van der Waals surface area (Å²) in [4.78, 5) is 20.6. The van der Waals surface area contributed by atoms with E-state index in [-0.39, 0.29) is 11.9 Å². The molecule has 0 aromatic carbocycles. The van der Waals surface area contributed by atoms with Crippen molar-refractivity contribution in [3.8, 4) is 0 Å². The number of nitrogens with zero attached hydrogens (tertiary/aromatic N) is 5. The van der Waals surface area contributed by atoms with Crippen LogP contribution in [0.3, 0.4) is 0 Å². The molecule has 1 atom stereocenters. The van der Waals surface area contributed by atoms with Crippen molar-refractivity contribution in [2.45, 2.75) is 45.7 Å². The lowest BCUT2D eigenvalue weighted by Crippen LogP contribution is -2.40. The smallest absolute Gasteiger partial charge is 0.220 e. The molecule has 2 aromatic heterocycles. The second kappa shape index (κ2) is 7.82. The summed E-state index contributed by atoms with van der Waals surface area (Å²) in [6.45, 7) is 6.96. The second-order valence-electron chi connectivity index (χ2n) is 6.88. The SMILES string of the molecule is CC(=O)N(Cc1ncc(C)o1)[C@@H]1CCN(CCCc2cnn(C)c2)C1. The van der Waals surface area contributed by atoms with Crippen LogP contribution >= 0.6 is 0 Å². The minimum Gasteiger partial charge on any atom is -0.444 e. The van der Waals surface area contributed by atoms with Crippen LogP contribution in [0.25, 0.3) is 0 Å². The van der Waals surface area contributed by atoms with Crippen LogP contribution in [-0.2, 0) is 24.8 Å². The van der Waals surface area contributed by atoms with E-state index in [0.29, 0.717) is 12.4 Å². The predicted molar refractivity (Wildman–Crippen MR) is 93.8 cm³/mol. The fourth-order valence-corrected chi connectivity index (χ4v) is 3.50. The average molecular weight is 345 g/mol. The van der Waals surface area contributed by atoms with E-state index in [1.165, 1.54) is 5.56 Å². The number of aromatic nitrogens is 3. The average Bonchev–Trinajstić information content (AvgIpc) is 3.27. The van der Waals surface area contributed by atoms with E-state index in [9.17, 15) is 4.79 Å². The minimum atomic E-state index is 0.0815. The van der Waals surface area contributed by atoms with Gasteiger partial charge in [0, 0.05) is 39.3 Å². The first kappa shape index (κ1) is 17.7. The molecule has 1 amide bonds. The van der Waals surface area contributed by atoms with Crippen molar-refractivity contribution in [3.63, 3.8) is 0 Å². The molecule has 0 spiro atoms. The number of carbonyl (C=O) groups excluding carboxylic acids is 1. The fraction of sp³-hybridized carbons (Fsp3) is 0.611. The standard InChI is InChI=1S/C18H27N5O2/c1-14-9-19-18(25-14)13-23(15(2)24)17-6-8-22(12-17)7-4-5-16-10-20-21(3)11-16/h9-11,17H,4-8,12-13H2,1-3H3/t17-/m1/s1. The lowest BCUT2D eigenvalue weighted by molar-refractivity contribution is -0.132. The number of likely N-dealkylation sites (tertiary alicyclic amines) is 1. The molecule has 0 radical (unpaired) electrons. The van der Waals surface area contributed by atoms with Gasteiger partial charge in [0.2, 0.25) is 11.8 Å². The van der Waals surface area contributed by atoms with Crippen molar-refractivity contribution in [1.29, 1.82) is 0 Å². The van der Waals surface area contributed by atoms with Gasteiger partial charge in [0.05, 0.1) is 18.9 Å². The third kappa shape index (κ3) is 4.69. The molecule has 1 aliphatic rings. The minimum absolute atomic E-state index is 0.0815. The molecule has 0 N–H and O–H groups in total. The first-order chi connectivity index (χ1) is 12.0. The van der Waals surface area contributed by atoms with Gasteiger partial charge in [-0.25, -0.2) is 4.98 Å². The van der Waals surface area contributed by atoms with E-state index in [1.54, 1.807) is 13.1 Å². The number of hydrogen-bond donors (Lipinski definition) is 0. The van der Waals surface area contributed by atoms with Gasteiger partial charge in [-0.05, 0) is 38.3 Å². The van der Waals surface area contributed by atoms with E-state index in [4.69, 9.17) is 4.42 Å². The Morgan fingerprint density at radius 1 is 1.44 bits per heavy atom. The van der Waals surface area contributed by atoms with Crippen molar-refractivity contribution in [3.05, 3.63) is 35.8 Å². The molecule has 1 saturated heterocycles. The van der Waals surface area contributed by atoms with E-state index in [0.717, 1.165) is 44.7 Å². The van der Waals surface area contributed by atoms with Crippen LogP contribution in [0.4, 0.5) is 0 Å². The van der Waals surface area contributed by atoms with Gasteiger partial charge in [0.1, 0.15) is 5.76 Å². The highest BCUT2D eigenvalue weighted by Crippen LogP contribution is 2.19. The van der Waals surface area contributed by atoms with Crippen LogP contribution in [0.15, 0.2) is 23.0 Å². The third-order valence-corrected chi connectivity index (χ3v) is 4.77. The highest BCUT2D eigenvalue weighted by molar-refractivity contribution is 5.73. The van der Waals surface area contributed by atoms with Gasteiger partial charge in [-0.15, -0.1) is 0 Å². The highest BCUT2D eigenvalue weighted by Gasteiger charge is 2.29. The Hall–Kier alpha value is -2.15. The lowest BCUT2D eigenvalue weighted by Gasteiger charge is -2.27. The maximum absolute atomic E-state index is 12.1. The number of hydrogen-bond acceptors (Lipinski definition) is 5. The Morgan fingerprint density at radius 3 is 2.92 bits per heavy atom. The second-order valence-corrected chi connectivity index (χ2v) is 6.88. The zero-order valence-electron chi connectivity index (χ0n) is 15.3. The number of carbonyl (C=O) groups is 1. The quantitative estimate of drug-likeness (QED) is 0.765. The number of rotatable bonds is 7. The van der Waals surface area contributed by atoms with Crippen LogP contribution in [0, 0.1) is 6.92 Å². The molecule has 0 saturated carbocycles. The Balaban J connectivity index is 1.48. The zero-order valence-corrected chi connectivity index (χ0v) is 15.3. The van der Waals surface area contributed by atoms with E-state index in [1.807, 2.05) is 29.7 Å². The summed E-state index contributed by atoms with van der Waals surface area (Å²) < 4.78 is 7.38. The van der Waals surface area contributed by atoms with Gasteiger partial charge in [-0.2, -0.15) is 5.10 Å². The van der Waals surface area contributed by atoms with Crippen molar-refractivity contribution in [1.82, 2.24) is 24.6 Å². The topological polar surface area (TPSA) is 67.4 Å². The molecule has 7 nitrogen and oxygen atoms in total. The van der Waals surface area contributed by atoms with Gasteiger partial charge in [0.25, 0.3) is 0 Å². The van der Waals surface area contributed by atoms with Crippen LogP contribution in [0.5, 0.6) is 0 Å². The largest absolute Gasteiger partial charge is 0.444 e. The first-order valence-corrected chi connectivity index (χ1v) is 8.89. The maximum atomic E-state index is 12.1. The predicted octanol–water partition coefficient (Wildman–Crippen LogP) is 1.77. The Morgan fingerprint density at radius 2 is 2.28 bits per heavy atom. The number of aryl methyl sites for hydroxylation is 3. The molecule has 0 unspecified atom stereocenters. The summed E-state index contributed by atoms with van der Waals surface area (Å²) in [5.41, 5.74) is 1.28. The number of oxazole rings is 1. The van der Waals surface area contributed by atoms with Crippen LogP contribution in [0.2, 0.25) is 0 Å². The van der Waals surface area contributed by atoms with E-state index >= 15 is 0 Å². The summed E-state index contributed by atoms with van der Waals surface area (Å²) in [6.07, 6.45) is 8.86. The fourth-order valence-electron chi connectivity index (χ4n) is 3.50. The summed E-state index contributed by atoms with van der Waals surface area (Å²) in [5, 5.41) is 4.21. The molecular weight excluding hydrogens is 318 g/mol. The summed E-state index contributed by atoms with van der Waals surface area (Å²) >= 11 is 0. The van der Waals surface area contributed by atoms with Crippen molar-refractivity contribution in [2.75, 3.05) is 19.6 Å². The Labute approximate surface area is 148 Å². The zero-order chi connectivity index (χ0) is 17.8. The van der Waals surface area contributed by atoms with Crippen LogP contribution in [0.1, 0.15) is 37.0 Å². The summed E-state index contributed by atoms with van der Waals surface area (Å²) in [6, 6.07) is 0.239. The lowest BCUT2D eigenvalue weighted by atomic mass is 10.2. The molecule has 2 aromatic rings. The van der Waals surface area contributed by atoms with Crippen LogP contribution in [-0.4, -0.2) is 56.1 Å². The molecule has 7 heteroatoms. The molecule has 3 rings (SSSR count). The molecule has 1 fully saturated rings. The van der Waals surface area contributed by atoms with Gasteiger partial charge in [0.15, 0.2) is 0 Å². The van der Waals surface area contributed by atoms with E-state index in [2.05, 4.69) is 21.2 Å².